The van der Waals surface area contributed by atoms with Gasteiger partial charge in [0.15, 0.2) is 0 Å². The predicted molar refractivity (Wildman–Crippen MR) is 88.9 cm³/mol. The van der Waals surface area contributed by atoms with E-state index in [9.17, 15) is 16.8 Å². The van der Waals surface area contributed by atoms with Crippen LogP contribution in [0.4, 0.5) is 0 Å². The van der Waals surface area contributed by atoms with E-state index in [4.69, 9.17) is 9.11 Å². The molecule has 1 heterocycles. The van der Waals surface area contributed by atoms with Crippen LogP contribution in [0.2, 0.25) is 0 Å². The molecule has 24 heavy (non-hydrogen) atoms. The number of imidazole rings is 1. The van der Waals surface area contributed by atoms with Gasteiger partial charge in [0.1, 0.15) is 5.82 Å². The van der Waals surface area contributed by atoms with Gasteiger partial charge in [0.2, 0.25) is 0 Å². The Morgan fingerprint density at radius 2 is 1.67 bits per heavy atom. The van der Waals surface area contributed by atoms with Crippen LogP contribution in [0.5, 0.6) is 0 Å². The van der Waals surface area contributed by atoms with Gasteiger partial charge in [-0.25, -0.2) is 4.98 Å². The third kappa shape index (κ3) is 7.68. The molecule has 0 saturated heterocycles. The molecule has 2 aromatic rings. The van der Waals surface area contributed by atoms with E-state index >= 15 is 0 Å². The molecule has 0 atom stereocenters. The van der Waals surface area contributed by atoms with Gasteiger partial charge in [-0.3, -0.25) is 9.11 Å². The normalized spacial score (nSPS) is 11.7. The zero-order valence-corrected chi connectivity index (χ0v) is 15.0. The Kier molecular flexibility index (Phi) is 7.08. The molecular formula is C14H20N2O6S2. The van der Waals surface area contributed by atoms with E-state index in [0.29, 0.717) is 12.8 Å². The zero-order valence-electron chi connectivity index (χ0n) is 13.3. The van der Waals surface area contributed by atoms with Crippen LogP contribution in [0.3, 0.4) is 0 Å². The lowest BCUT2D eigenvalue weighted by molar-refractivity contribution is 0.479. The molecule has 0 radical (unpaired) electrons. The number of aromatic nitrogens is 2. The van der Waals surface area contributed by atoms with Crippen molar-refractivity contribution in [2.24, 2.45) is 7.05 Å². The van der Waals surface area contributed by atoms with E-state index in [1.165, 1.54) is 12.1 Å². The SMILES string of the molecule is Cc1ccc(S(=O)(=O)O)cc1.Cn1ccnc1CCCS(=O)(=O)O. The van der Waals surface area contributed by atoms with Crippen molar-refractivity contribution in [2.45, 2.75) is 24.7 Å². The lowest BCUT2D eigenvalue weighted by atomic mass is 10.2. The van der Waals surface area contributed by atoms with Crippen molar-refractivity contribution >= 4 is 20.2 Å². The number of nitrogens with zero attached hydrogens (tertiary/aromatic N) is 2. The minimum Gasteiger partial charge on any atom is -0.338 e. The largest absolute Gasteiger partial charge is 0.338 e. The van der Waals surface area contributed by atoms with E-state index < -0.39 is 20.2 Å². The molecule has 0 spiro atoms. The Morgan fingerprint density at radius 3 is 2.08 bits per heavy atom. The summed E-state index contributed by atoms with van der Waals surface area (Å²) in [4.78, 5) is 3.96. The Morgan fingerprint density at radius 1 is 1.08 bits per heavy atom. The van der Waals surface area contributed by atoms with E-state index in [-0.39, 0.29) is 10.6 Å². The van der Waals surface area contributed by atoms with Gasteiger partial charge in [0.25, 0.3) is 20.2 Å². The van der Waals surface area contributed by atoms with E-state index in [2.05, 4.69) is 4.98 Å². The van der Waals surface area contributed by atoms with Gasteiger partial charge in [-0.2, -0.15) is 16.8 Å². The lowest BCUT2D eigenvalue weighted by Gasteiger charge is -1.99. The van der Waals surface area contributed by atoms with Crippen molar-refractivity contribution in [2.75, 3.05) is 5.75 Å². The molecule has 2 N–H and O–H groups in total. The molecule has 0 saturated carbocycles. The highest BCUT2D eigenvalue weighted by Crippen LogP contribution is 2.08. The molecule has 0 aliphatic carbocycles. The number of hydrogen-bond donors (Lipinski definition) is 2. The van der Waals surface area contributed by atoms with Crippen LogP contribution in [-0.4, -0.2) is 41.2 Å². The summed E-state index contributed by atoms with van der Waals surface area (Å²) in [5.41, 5.74) is 0.956. The molecule has 0 bridgehead atoms. The van der Waals surface area contributed by atoms with E-state index in [1.807, 2.05) is 18.5 Å². The molecule has 10 heteroatoms. The van der Waals surface area contributed by atoms with Crippen LogP contribution in [0, 0.1) is 6.92 Å². The van der Waals surface area contributed by atoms with Gasteiger partial charge in [0.05, 0.1) is 10.6 Å². The molecular weight excluding hydrogens is 356 g/mol. The summed E-state index contributed by atoms with van der Waals surface area (Å²) in [5.74, 6) is 0.614. The Bertz CT molecular complexity index is 855. The third-order valence-corrected chi connectivity index (χ3v) is 4.71. The number of aryl methyl sites for hydroxylation is 3. The summed E-state index contributed by atoms with van der Waals surface area (Å²) >= 11 is 0. The fraction of sp³-hybridized carbons (Fsp3) is 0.357. The molecule has 0 fully saturated rings. The fourth-order valence-electron chi connectivity index (χ4n) is 1.76. The van der Waals surface area contributed by atoms with Crippen molar-refractivity contribution in [3.05, 3.63) is 48.0 Å². The van der Waals surface area contributed by atoms with Crippen LogP contribution in [0.25, 0.3) is 0 Å². The van der Waals surface area contributed by atoms with Gasteiger partial charge in [-0.1, -0.05) is 17.7 Å². The fourth-order valence-corrected chi connectivity index (χ4v) is 2.75. The summed E-state index contributed by atoms with van der Waals surface area (Å²) in [5, 5.41) is 0. The van der Waals surface area contributed by atoms with Gasteiger partial charge < -0.3 is 4.57 Å². The Balaban J connectivity index is 0.000000243. The maximum atomic E-state index is 10.5. The van der Waals surface area contributed by atoms with Crippen LogP contribution < -0.4 is 0 Å². The van der Waals surface area contributed by atoms with Crippen molar-refractivity contribution in [3.8, 4) is 0 Å². The lowest BCUT2D eigenvalue weighted by Crippen LogP contribution is -2.06. The van der Waals surface area contributed by atoms with Crippen molar-refractivity contribution < 1.29 is 25.9 Å². The summed E-state index contributed by atoms with van der Waals surface area (Å²) < 4.78 is 60.6. The summed E-state index contributed by atoms with van der Waals surface area (Å²) in [7, 11) is -6.00. The van der Waals surface area contributed by atoms with E-state index in [0.717, 1.165) is 11.4 Å². The smallest absolute Gasteiger partial charge is 0.294 e. The second-order valence-electron chi connectivity index (χ2n) is 5.13. The van der Waals surface area contributed by atoms with Crippen LogP contribution in [0.15, 0.2) is 41.6 Å². The van der Waals surface area contributed by atoms with Crippen LogP contribution in [-0.2, 0) is 33.7 Å². The molecule has 0 aliphatic rings. The minimum atomic E-state index is -4.02. The van der Waals surface area contributed by atoms with Gasteiger partial charge in [-0.15, -0.1) is 0 Å². The minimum absolute atomic E-state index is 0.0666. The first-order chi connectivity index (χ1) is 11.0. The summed E-state index contributed by atoms with van der Waals surface area (Å²) in [6.45, 7) is 1.84. The summed E-state index contributed by atoms with van der Waals surface area (Å²) in [6.07, 6.45) is 4.40. The average molecular weight is 376 g/mol. The number of benzene rings is 1. The van der Waals surface area contributed by atoms with Crippen molar-refractivity contribution in [3.63, 3.8) is 0 Å². The van der Waals surface area contributed by atoms with E-state index in [1.54, 1.807) is 24.5 Å². The highest BCUT2D eigenvalue weighted by molar-refractivity contribution is 7.86. The van der Waals surface area contributed by atoms with Gasteiger partial charge >= 0.3 is 0 Å². The predicted octanol–water partition coefficient (Wildman–Crippen LogP) is 1.48. The average Bonchev–Trinajstić information content (AvgIpc) is 2.83. The highest BCUT2D eigenvalue weighted by atomic mass is 32.2. The Labute approximate surface area is 141 Å². The molecule has 0 amide bonds. The van der Waals surface area contributed by atoms with Crippen LogP contribution in [0.1, 0.15) is 17.8 Å². The van der Waals surface area contributed by atoms with Crippen molar-refractivity contribution in [1.82, 2.24) is 9.55 Å². The monoisotopic (exact) mass is 376 g/mol. The first kappa shape index (κ1) is 20.3. The number of rotatable bonds is 5. The zero-order chi connectivity index (χ0) is 18.4. The van der Waals surface area contributed by atoms with Crippen molar-refractivity contribution in [1.29, 1.82) is 0 Å². The standard InChI is InChI=1S/C7H12N2O3S.C7H8O3S/c1-9-5-4-8-7(9)3-2-6-13(10,11)12;1-6-2-4-7(5-3-6)11(8,9)10/h4-5H,2-3,6H2,1H3,(H,10,11,12);2-5H,1H3,(H,8,9,10). The molecule has 0 unspecified atom stereocenters. The first-order valence-electron chi connectivity index (χ1n) is 6.94. The molecule has 2 rings (SSSR count). The topological polar surface area (TPSA) is 127 Å². The molecule has 1 aromatic carbocycles. The Hall–Kier alpha value is -1.75. The third-order valence-electron chi connectivity index (χ3n) is 3.04. The van der Waals surface area contributed by atoms with Gasteiger partial charge in [0, 0.05) is 25.9 Å². The molecule has 1 aromatic heterocycles. The molecule has 134 valence electrons. The molecule has 8 nitrogen and oxygen atoms in total. The second-order valence-corrected chi connectivity index (χ2v) is 8.13. The second kappa shape index (κ2) is 8.38. The molecule has 0 aliphatic heterocycles. The quantitative estimate of drug-likeness (QED) is 0.757. The van der Waals surface area contributed by atoms with Crippen LogP contribution >= 0.6 is 0 Å². The maximum absolute atomic E-state index is 10.5. The maximum Gasteiger partial charge on any atom is 0.294 e. The highest BCUT2D eigenvalue weighted by Gasteiger charge is 2.07. The summed E-state index contributed by atoms with van der Waals surface area (Å²) in [6, 6.07) is 5.99. The number of hydrogen-bond acceptors (Lipinski definition) is 5. The first-order valence-corrected chi connectivity index (χ1v) is 9.99. The van der Waals surface area contributed by atoms with Gasteiger partial charge in [-0.05, 0) is 25.5 Å².